The molecule has 2 aliphatic rings. The van der Waals surface area contributed by atoms with Crippen LogP contribution in [0.3, 0.4) is 0 Å². The number of rotatable bonds is 2. The minimum Gasteiger partial charge on any atom is -0.348 e. The van der Waals surface area contributed by atoms with E-state index in [4.69, 9.17) is 0 Å². The highest BCUT2D eigenvalue weighted by Crippen LogP contribution is 2.28. The van der Waals surface area contributed by atoms with Crippen molar-refractivity contribution in [3.05, 3.63) is 34.1 Å². The second-order valence-electron chi connectivity index (χ2n) is 5.21. The predicted octanol–water partition coefficient (Wildman–Crippen LogP) is 2.55. The van der Waals surface area contributed by atoms with Crippen molar-refractivity contribution < 1.29 is 9.18 Å². The largest absolute Gasteiger partial charge is 0.348 e. The Hall–Kier alpha value is -0.940. The predicted molar refractivity (Wildman–Crippen MR) is 74.6 cm³/mol. The molecule has 3 nitrogen and oxygen atoms in total. The first-order chi connectivity index (χ1) is 9.16. The second-order valence-corrected chi connectivity index (χ2v) is 6.07. The minimum absolute atomic E-state index is 0.110. The smallest absolute Gasteiger partial charge is 0.255 e. The summed E-state index contributed by atoms with van der Waals surface area (Å²) in [7, 11) is 0. The molecule has 19 heavy (non-hydrogen) atoms. The van der Waals surface area contributed by atoms with Gasteiger partial charge >= 0.3 is 0 Å². The van der Waals surface area contributed by atoms with Gasteiger partial charge in [0, 0.05) is 23.1 Å². The van der Waals surface area contributed by atoms with Crippen molar-refractivity contribution in [2.45, 2.75) is 31.3 Å². The topological polar surface area (TPSA) is 32.3 Å². The molecular weight excluding hydrogens is 311 g/mol. The highest BCUT2D eigenvalue weighted by molar-refractivity contribution is 9.10. The first-order valence-corrected chi connectivity index (χ1v) is 7.45. The summed E-state index contributed by atoms with van der Waals surface area (Å²) in [6.45, 7) is 2.16. The second kappa shape index (κ2) is 5.21. The quantitative estimate of drug-likeness (QED) is 0.905. The third kappa shape index (κ3) is 2.41. The van der Waals surface area contributed by atoms with E-state index >= 15 is 0 Å². The monoisotopic (exact) mass is 326 g/mol. The van der Waals surface area contributed by atoms with E-state index in [0.717, 1.165) is 25.9 Å². The molecule has 1 amide bonds. The molecule has 1 aromatic carbocycles. The van der Waals surface area contributed by atoms with Crippen LogP contribution in [0.1, 0.15) is 29.6 Å². The molecule has 1 N–H and O–H groups in total. The molecule has 0 bridgehead atoms. The number of hydrogen-bond donors (Lipinski definition) is 1. The lowest BCUT2D eigenvalue weighted by molar-refractivity contribution is 0.0924. The molecule has 2 saturated heterocycles. The normalized spacial score (nSPS) is 26.4. The number of benzene rings is 1. The van der Waals surface area contributed by atoms with Gasteiger partial charge in [-0.15, -0.1) is 0 Å². The number of halogens is 2. The van der Waals surface area contributed by atoms with Crippen LogP contribution in [-0.2, 0) is 0 Å². The lowest BCUT2D eigenvalue weighted by Crippen LogP contribution is -2.42. The van der Waals surface area contributed by atoms with Gasteiger partial charge in [-0.2, -0.15) is 0 Å². The molecule has 2 fully saturated rings. The van der Waals surface area contributed by atoms with Crippen LogP contribution in [0.5, 0.6) is 0 Å². The molecule has 102 valence electrons. The van der Waals surface area contributed by atoms with Crippen molar-refractivity contribution in [1.82, 2.24) is 10.2 Å². The van der Waals surface area contributed by atoms with E-state index in [0.29, 0.717) is 10.5 Å². The molecule has 2 unspecified atom stereocenters. The van der Waals surface area contributed by atoms with Crippen LogP contribution in [0.4, 0.5) is 4.39 Å². The van der Waals surface area contributed by atoms with Gasteiger partial charge in [0.1, 0.15) is 5.82 Å². The van der Waals surface area contributed by atoms with Crippen molar-refractivity contribution in [3.8, 4) is 0 Å². The zero-order chi connectivity index (χ0) is 13.4. The maximum absolute atomic E-state index is 13.7. The van der Waals surface area contributed by atoms with Gasteiger partial charge < -0.3 is 5.32 Å². The lowest BCUT2D eigenvalue weighted by atomic mass is 10.1. The van der Waals surface area contributed by atoms with Gasteiger partial charge in [0.15, 0.2) is 0 Å². The average molecular weight is 327 g/mol. The van der Waals surface area contributed by atoms with E-state index in [1.54, 1.807) is 12.1 Å². The summed E-state index contributed by atoms with van der Waals surface area (Å²) in [6, 6.07) is 5.19. The van der Waals surface area contributed by atoms with Crippen molar-refractivity contribution in [2.75, 3.05) is 13.1 Å². The lowest BCUT2D eigenvalue weighted by Gasteiger charge is -2.21. The molecule has 1 aromatic rings. The fourth-order valence-corrected chi connectivity index (χ4v) is 3.73. The highest BCUT2D eigenvalue weighted by Gasteiger charge is 2.38. The van der Waals surface area contributed by atoms with Crippen molar-refractivity contribution in [2.24, 2.45) is 0 Å². The molecule has 0 saturated carbocycles. The molecule has 0 aromatic heterocycles. The molecular formula is C14H16BrFN2O. The highest BCUT2D eigenvalue weighted by atomic mass is 79.9. The van der Waals surface area contributed by atoms with E-state index < -0.39 is 5.82 Å². The summed E-state index contributed by atoms with van der Waals surface area (Å²) in [6.07, 6.45) is 3.28. The summed E-state index contributed by atoms with van der Waals surface area (Å²) in [5, 5.41) is 3.00. The fourth-order valence-electron chi connectivity index (χ4n) is 3.21. The fraction of sp³-hybridized carbons (Fsp3) is 0.500. The summed E-state index contributed by atoms with van der Waals surface area (Å²) in [4.78, 5) is 14.6. The first kappa shape index (κ1) is 13.1. The van der Waals surface area contributed by atoms with Gasteiger partial charge in [-0.25, -0.2) is 4.39 Å². The van der Waals surface area contributed by atoms with E-state index in [1.165, 1.54) is 12.5 Å². The number of nitrogens with zero attached hydrogens (tertiary/aromatic N) is 1. The Morgan fingerprint density at radius 3 is 3.00 bits per heavy atom. The van der Waals surface area contributed by atoms with Gasteiger partial charge in [-0.3, -0.25) is 9.69 Å². The number of hydrogen-bond acceptors (Lipinski definition) is 2. The Morgan fingerprint density at radius 2 is 2.21 bits per heavy atom. The van der Waals surface area contributed by atoms with Crippen LogP contribution in [-0.4, -0.2) is 36.0 Å². The molecule has 3 rings (SSSR count). The first-order valence-electron chi connectivity index (χ1n) is 6.66. The molecule has 2 atom stereocenters. The van der Waals surface area contributed by atoms with Crippen molar-refractivity contribution in [1.29, 1.82) is 0 Å². The van der Waals surface area contributed by atoms with Crippen LogP contribution < -0.4 is 5.32 Å². The number of carbonyl (C=O) groups is 1. The average Bonchev–Trinajstić information content (AvgIpc) is 2.94. The Labute approximate surface area is 120 Å². The Balaban J connectivity index is 1.75. The van der Waals surface area contributed by atoms with Crippen LogP contribution in [0.15, 0.2) is 22.7 Å². The van der Waals surface area contributed by atoms with E-state index in [1.807, 2.05) is 0 Å². The van der Waals surface area contributed by atoms with Gasteiger partial charge in [-0.1, -0.05) is 6.07 Å². The number of amides is 1. The molecule has 5 heteroatoms. The number of fused-ring (bicyclic) bond motifs is 1. The third-order valence-corrected chi connectivity index (χ3v) is 4.77. The summed E-state index contributed by atoms with van der Waals surface area (Å²) < 4.78 is 14.2. The van der Waals surface area contributed by atoms with Crippen LogP contribution in [0.25, 0.3) is 0 Å². The summed E-state index contributed by atoms with van der Waals surface area (Å²) >= 11 is 3.24. The molecule has 2 aliphatic heterocycles. The van der Waals surface area contributed by atoms with Crippen LogP contribution in [0, 0.1) is 5.82 Å². The van der Waals surface area contributed by atoms with E-state index in [9.17, 15) is 9.18 Å². The number of nitrogens with one attached hydrogen (secondary N) is 1. The summed E-state index contributed by atoms with van der Waals surface area (Å²) in [5.41, 5.74) is 0.110. The SMILES string of the molecule is O=C(NC1CCN2CCCC12)c1c(F)cccc1Br. The zero-order valence-electron chi connectivity index (χ0n) is 10.5. The standard InChI is InChI=1S/C14H16BrFN2O/c15-9-3-1-4-10(16)13(9)14(19)17-11-6-8-18-7-2-5-12(11)18/h1,3-4,11-12H,2,5-8H2,(H,17,19). The minimum atomic E-state index is -0.479. The Morgan fingerprint density at radius 1 is 1.37 bits per heavy atom. The van der Waals surface area contributed by atoms with Crippen LogP contribution in [0.2, 0.25) is 0 Å². The summed E-state index contributed by atoms with van der Waals surface area (Å²) in [5.74, 6) is -0.795. The maximum atomic E-state index is 13.7. The van der Waals surface area contributed by atoms with Crippen molar-refractivity contribution in [3.63, 3.8) is 0 Å². The molecule has 2 heterocycles. The van der Waals surface area contributed by atoms with E-state index in [-0.39, 0.29) is 17.5 Å². The molecule has 0 radical (unpaired) electrons. The van der Waals surface area contributed by atoms with Gasteiger partial charge in [-0.05, 0) is 53.9 Å². The maximum Gasteiger partial charge on any atom is 0.255 e. The van der Waals surface area contributed by atoms with E-state index in [2.05, 4.69) is 26.1 Å². The van der Waals surface area contributed by atoms with Crippen molar-refractivity contribution >= 4 is 21.8 Å². The third-order valence-electron chi connectivity index (χ3n) is 4.11. The van der Waals surface area contributed by atoms with Gasteiger partial charge in [0.05, 0.1) is 5.56 Å². The van der Waals surface area contributed by atoms with Gasteiger partial charge in [0.2, 0.25) is 0 Å². The molecule has 0 spiro atoms. The Bertz CT molecular complexity index is 488. The Kier molecular flexibility index (Phi) is 3.58. The van der Waals surface area contributed by atoms with Crippen LogP contribution >= 0.6 is 15.9 Å². The molecule has 0 aliphatic carbocycles. The van der Waals surface area contributed by atoms with Gasteiger partial charge in [0.25, 0.3) is 5.91 Å². The number of carbonyl (C=O) groups excluding carboxylic acids is 1. The zero-order valence-corrected chi connectivity index (χ0v) is 12.1.